The van der Waals surface area contributed by atoms with Gasteiger partial charge in [0.25, 0.3) is 0 Å². The van der Waals surface area contributed by atoms with Crippen molar-refractivity contribution in [3.8, 4) is 0 Å². The number of hydrogen-bond acceptors (Lipinski definition) is 3. The van der Waals surface area contributed by atoms with Crippen molar-refractivity contribution in [3.05, 3.63) is 50.9 Å². The number of benzene rings is 1. The fraction of sp³-hybridized carbons (Fsp3) is 0.412. The Kier molecular flexibility index (Phi) is 7.75. The van der Waals surface area contributed by atoms with Gasteiger partial charge in [-0.15, -0.1) is 35.3 Å². The SMILES string of the molecule is CN=C(NCCc1nc(C(F)(F)F)cs1)NC1CC1c1cccc(Cl)c1.I. The zero-order valence-electron chi connectivity index (χ0n) is 14.4. The van der Waals surface area contributed by atoms with Gasteiger partial charge in [0.05, 0.1) is 5.01 Å². The molecule has 2 atom stereocenters. The van der Waals surface area contributed by atoms with E-state index in [1.807, 2.05) is 18.2 Å². The van der Waals surface area contributed by atoms with Crippen LogP contribution in [0.25, 0.3) is 0 Å². The summed E-state index contributed by atoms with van der Waals surface area (Å²) in [6.07, 6.45) is -2.99. The zero-order valence-corrected chi connectivity index (χ0v) is 18.3. The summed E-state index contributed by atoms with van der Waals surface area (Å²) >= 11 is 7.04. The van der Waals surface area contributed by atoms with Gasteiger partial charge in [0.1, 0.15) is 0 Å². The number of aliphatic imine (C=N–C) groups is 1. The molecule has 0 saturated heterocycles. The minimum atomic E-state index is -4.39. The van der Waals surface area contributed by atoms with Crippen LogP contribution in [-0.2, 0) is 12.6 Å². The Morgan fingerprint density at radius 2 is 2.19 bits per heavy atom. The Morgan fingerprint density at radius 3 is 2.81 bits per heavy atom. The van der Waals surface area contributed by atoms with E-state index in [2.05, 4.69) is 26.7 Å². The highest BCUT2D eigenvalue weighted by Gasteiger charge is 2.39. The minimum Gasteiger partial charge on any atom is -0.356 e. The van der Waals surface area contributed by atoms with Gasteiger partial charge >= 0.3 is 6.18 Å². The Labute approximate surface area is 181 Å². The summed E-state index contributed by atoms with van der Waals surface area (Å²) in [5.41, 5.74) is 0.357. The van der Waals surface area contributed by atoms with Crippen LogP contribution in [0.15, 0.2) is 34.6 Å². The second-order valence-corrected chi connectivity index (χ2v) is 7.40. The lowest BCUT2D eigenvalue weighted by Crippen LogP contribution is -2.39. The van der Waals surface area contributed by atoms with Gasteiger partial charge in [-0.2, -0.15) is 13.2 Å². The molecule has 0 bridgehead atoms. The molecule has 1 heterocycles. The number of halogens is 5. The van der Waals surface area contributed by atoms with E-state index in [1.54, 1.807) is 7.05 Å². The van der Waals surface area contributed by atoms with E-state index in [9.17, 15) is 13.2 Å². The van der Waals surface area contributed by atoms with Crippen LogP contribution in [0.5, 0.6) is 0 Å². The molecule has 4 nitrogen and oxygen atoms in total. The molecule has 1 aromatic heterocycles. The van der Waals surface area contributed by atoms with Crippen LogP contribution >= 0.6 is 46.9 Å². The van der Waals surface area contributed by atoms with Gasteiger partial charge in [0.15, 0.2) is 11.7 Å². The summed E-state index contributed by atoms with van der Waals surface area (Å²) in [4.78, 5) is 7.78. The molecule has 148 valence electrons. The van der Waals surface area contributed by atoms with Crippen molar-refractivity contribution in [1.29, 1.82) is 0 Å². The highest BCUT2D eigenvalue weighted by atomic mass is 127. The van der Waals surface area contributed by atoms with Gasteiger partial charge in [-0.05, 0) is 24.1 Å². The number of guanidine groups is 1. The van der Waals surface area contributed by atoms with Gasteiger partial charge in [-0.3, -0.25) is 4.99 Å². The van der Waals surface area contributed by atoms with Crippen LogP contribution in [-0.4, -0.2) is 30.6 Å². The third-order valence-corrected chi connectivity index (χ3v) is 5.23. The van der Waals surface area contributed by atoms with Crippen molar-refractivity contribution >= 4 is 52.9 Å². The van der Waals surface area contributed by atoms with Crippen molar-refractivity contribution in [2.45, 2.75) is 31.0 Å². The Morgan fingerprint density at radius 1 is 1.41 bits per heavy atom. The number of nitrogens with zero attached hydrogens (tertiary/aromatic N) is 2. The zero-order chi connectivity index (χ0) is 18.7. The predicted octanol–water partition coefficient (Wildman–Crippen LogP) is 4.70. The maximum Gasteiger partial charge on any atom is 0.434 e. The second kappa shape index (κ2) is 9.42. The van der Waals surface area contributed by atoms with E-state index in [-0.39, 0.29) is 30.0 Å². The molecule has 1 aromatic carbocycles. The fourth-order valence-corrected chi connectivity index (χ4v) is 3.68. The van der Waals surface area contributed by atoms with Crippen molar-refractivity contribution in [2.24, 2.45) is 4.99 Å². The topological polar surface area (TPSA) is 49.3 Å². The Bertz CT molecular complexity index is 796. The first-order valence-corrected chi connectivity index (χ1v) is 9.37. The van der Waals surface area contributed by atoms with E-state index in [4.69, 9.17) is 11.6 Å². The summed E-state index contributed by atoms with van der Waals surface area (Å²) in [5, 5.41) is 8.65. The Balaban J connectivity index is 0.00000261. The van der Waals surface area contributed by atoms with Crippen LogP contribution in [0.1, 0.15) is 28.6 Å². The smallest absolute Gasteiger partial charge is 0.356 e. The van der Waals surface area contributed by atoms with Gasteiger partial charge in [0, 0.05) is 42.4 Å². The molecule has 1 aliphatic rings. The monoisotopic (exact) mass is 530 g/mol. The number of nitrogens with one attached hydrogen (secondary N) is 2. The van der Waals surface area contributed by atoms with E-state index in [0.717, 1.165) is 28.2 Å². The highest BCUT2D eigenvalue weighted by Crippen LogP contribution is 2.41. The fourth-order valence-electron chi connectivity index (χ4n) is 2.67. The number of alkyl halides is 3. The standard InChI is InChI=1S/C17H18ClF3N4S.HI/c1-22-16(23-6-5-15-25-14(9-26-15)17(19,20)21)24-13-8-12(13)10-3-2-4-11(18)7-10;/h2-4,7,9,12-13H,5-6,8H2,1H3,(H2,22,23,24);1H. The third kappa shape index (κ3) is 6.21. The van der Waals surface area contributed by atoms with Crippen LogP contribution in [0, 0.1) is 0 Å². The predicted molar refractivity (Wildman–Crippen MR) is 113 cm³/mol. The molecule has 0 radical (unpaired) electrons. The normalized spacial score (nSPS) is 19.4. The molecule has 1 saturated carbocycles. The molecule has 1 fully saturated rings. The molecule has 3 rings (SSSR count). The summed E-state index contributed by atoms with van der Waals surface area (Å²) in [7, 11) is 1.66. The van der Waals surface area contributed by atoms with Crippen molar-refractivity contribution < 1.29 is 13.2 Å². The first-order valence-electron chi connectivity index (χ1n) is 8.11. The number of rotatable bonds is 5. The molecule has 2 aromatic rings. The number of thiazole rings is 1. The Hall–Kier alpha value is -1.07. The maximum absolute atomic E-state index is 12.5. The molecular formula is C17H19ClF3IN4S. The van der Waals surface area contributed by atoms with E-state index >= 15 is 0 Å². The van der Waals surface area contributed by atoms with Gasteiger partial charge in [-0.1, -0.05) is 23.7 Å². The third-order valence-electron chi connectivity index (χ3n) is 4.09. The first kappa shape index (κ1) is 22.2. The van der Waals surface area contributed by atoms with Crippen LogP contribution < -0.4 is 10.6 Å². The van der Waals surface area contributed by atoms with Gasteiger partial charge < -0.3 is 10.6 Å². The highest BCUT2D eigenvalue weighted by molar-refractivity contribution is 14.0. The average molecular weight is 531 g/mol. The second-order valence-electron chi connectivity index (χ2n) is 6.02. The van der Waals surface area contributed by atoms with Crippen LogP contribution in [0.3, 0.4) is 0 Å². The first-order chi connectivity index (χ1) is 12.4. The average Bonchev–Trinajstić information content (AvgIpc) is 3.18. The lowest BCUT2D eigenvalue weighted by molar-refractivity contribution is -0.140. The van der Waals surface area contributed by atoms with Crippen molar-refractivity contribution in [2.75, 3.05) is 13.6 Å². The number of hydrogen-bond donors (Lipinski definition) is 2. The van der Waals surface area contributed by atoms with Crippen LogP contribution in [0.4, 0.5) is 13.2 Å². The van der Waals surface area contributed by atoms with Crippen molar-refractivity contribution in [3.63, 3.8) is 0 Å². The molecule has 0 spiro atoms. The summed E-state index contributed by atoms with van der Waals surface area (Å²) < 4.78 is 37.6. The molecule has 0 amide bonds. The lowest BCUT2D eigenvalue weighted by atomic mass is 10.1. The van der Waals surface area contributed by atoms with E-state index in [1.165, 1.54) is 5.56 Å². The number of aromatic nitrogens is 1. The maximum atomic E-state index is 12.5. The molecule has 27 heavy (non-hydrogen) atoms. The quantitative estimate of drug-likeness (QED) is 0.335. The molecule has 1 aliphatic carbocycles. The minimum absolute atomic E-state index is 0. The largest absolute Gasteiger partial charge is 0.434 e. The molecule has 2 N–H and O–H groups in total. The van der Waals surface area contributed by atoms with Crippen molar-refractivity contribution in [1.82, 2.24) is 15.6 Å². The summed E-state index contributed by atoms with van der Waals surface area (Å²) in [6, 6.07) is 8.07. The molecule has 10 heteroatoms. The molecule has 0 aliphatic heterocycles. The van der Waals surface area contributed by atoms with Crippen LogP contribution in [0.2, 0.25) is 5.02 Å². The summed E-state index contributed by atoms with van der Waals surface area (Å²) in [5.74, 6) is 1.02. The molecular weight excluding hydrogens is 512 g/mol. The summed E-state index contributed by atoms with van der Waals surface area (Å²) in [6.45, 7) is 0.457. The van der Waals surface area contributed by atoms with E-state index in [0.29, 0.717) is 29.9 Å². The molecule has 2 unspecified atom stereocenters. The van der Waals surface area contributed by atoms with Gasteiger partial charge in [-0.25, -0.2) is 4.98 Å². The lowest BCUT2D eigenvalue weighted by Gasteiger charge is -2.11. The van der Waals surface area contributed by atoms with E-state index < -0.39 is 11.9 Å². The van der Waals surface area contributed by atoms with Gasteiger partial charge in [0.2, 0.25) is 0 Å².